The highest BCUT2D eigenvalue weighted by Gasteiger charge is 2.33. The second-order valence-corrected chi connectivity index (χ2v) is 7.95. The SMILES string of the molecule is C[C@H](OC(=O)C1CCN(c2ccccc2[N+](=O)[O-])CC1)C(=O)N1CCc2ccccc21. The number of nitrogens with zero attached hydrogens (tertiary/aromatic N) is 3. The van der Waals surface area contributed by atoms with Crippen LogP contribution in [0.3, 0.4) is 0 Å². The zero-order valence-electron chi connectivity index (χ0n) is 17.4. The number of nitro benzene ring substituents is 1. The van der Waals surface area contributed by atoms with Crippen LogP contribution in [0.2, 0.25) is 0 Å². The van der Waals surface area contributed by atoms with Gasteiger partial charge in [-0.05, 0) is 43.9 Å². The molecular formula is C23H25N3O5. The summed E-state index contributed by atoms with van der Waals surface area (Å²) in [5.74, 6) is -0.911. The summed E-state index contributed by atoms with van der Waals surface area (Å²) in [6.07, 6.45) is 0.996. The number of ether oxygens (including phenoxy) is 1. The second kappa shape index (κ2) is 8.75. The standard InChI is InChI=1S/C23H25N3O5/c1-16(22(27)25-15-12-17-6-2-3-7-19(17)25)31-23(28)18-10-13-24(14-11-18)20-8-4-5-9-21(20)26(29)30/h2-9,16,18H,10-15H2,1H3/t16-/m0/s1. The molecule has 0 radical (unpaired) electrons. The van der Waals surface area contributed by atoms with E-state index in [2.05, 4.69) is 0 Å². The van der Waals surface area contributed by atoms with Gasteiger partial charge >= 0.3 is 5.97 Å². The number of carbonyl (C=O) groups excluding carboxylic acids is 2. The van der Waals surface area contributed by atoms with Gasteiger partial charge in [-0.3, -0.25) is 19.7 Å². The molecule has 0 N–H and O–H groups in total. The Bertz CT molecular complexity index is 1000. The number of amides is 1. The largest absolute Gasteiger partial charge is 0.452 e. The average molecular weight is 423 g/mol. The lowest BCUT2D eigenvalue weighted by Crippen LogP contribution is -2.42. The molecular weight excluding hydrogens is 398 g/mol. The highest BCUT2D eigenvalue weighted by Crippen LogP contribution is 2.32. The normalized spacial score (nSPS) is 17.2. The van der Waals surface area contributed by atoms with Gasteiger partial charge in [-0.15, -0.1) is 0 Å². The van der Waals surface area contributed by atoms with E-state index in [-0.39, 0.29) is 28.4 Å². The van der Waals surface area contributed by atoms with Gasteiger partial charge < -0.3 is 14.5 Å². The lowest BCUT2D eigenvalue weighted by atomic mass is 9.96. The van der Waals surface area contributed by atoms with Gasteiger partial charge in [0.25, 0.3) is 11.6 Å². The predicted octanol–water partition coefficient (Wildman–Crippen LogP) is 3.33. The molecule has 1 amide bonds. The number of anilines is 2. The molecule has 31 heavy (non-hydrogen) atoms. The fraction of sp³-hybridized carbons (Fsp3) is 0.391. The number of fused-ring (bicyclic) bond motifs is 1. The Kier molecular flexibility index (Phi) is 5.88. The average Bonchev–Trinajstić information content (AvgIpc) is 3.22. The predicted molar refractivity (Wildman–Crippen MR) is 116 cm³/mol. The number of carbonyl (C=O) groups is 2. The number of nitro groups is 1. The van der Waals surface area contributed by atoms with Gasteiger partial charge in [-0.25, -0.2) is 0 Å². The van der Waals surface area contributed by atoms with Crippen LogP contribution in [-0.4, -0.2) is 42.5 Å². The number of hydrogen-bond acceptors (Lipinski definition) is 6. The van der Waals surface area contributed by atoms with Gasteiger partial charge in [0, 0.05) is 31.4 Å². The number of benzene rings is 2. The maximum atomic E-state index is 12.8. The van der Waals surface area contributed by atoms with Crippen molar-refractivity contribution in [2.45, 2.75) is 32.3 Å². The third-order valence-electron chi connectivity index (χ3n) is 6.04. The van der Waals surface area contributed by atoms with E-state index >= 15 is 0 Å². The fourth-order valence-electron chi connectivity index (χ4n) is 4.35. The Hall–Kier alpha value is -3.42. The number of para-hydroxylation sites is 3. The zero-order chi connectivity index (χ0) is 22.0. The Balaban J connectivity index is 1.33. The summed E-state index contributed by atoms with van der Waals surface area (Å²) in [5.41, 5.74) is 2.63. The number of hydrogen-bond donors (Lipinski definition) is 0. The molecule has 0 bridgehead atoms. The number of piperidine rings is 1. The first-order chi connectivity index (χ1) is 15.0. The zero-order valence-corrected chi connectivity index (χ0v) is 17.4. The van der Waals surface area contributed by atoms with E-state index in [0.717, 1.165) is 17.7 Å². The van der Waals surface area contributed by atoms with Crippen molar-refractivity contribution in [3.8, 4) is 0 Å². The molecule has 2 aliphatic heterocycles. The van der Waals surface area contributed by atoms with Crippen molar-refractivity contribution < 1.29 is 19.2 Å². The summed E-state index contributed by atoms with van der Waals surface area (Å²) < 4.78 is 5.53. The summed E-state index contributed by atoms with van der Waals surface area (Å²) in [7, 11) is 0. The fourth-order valence-corrected chi connectivity index (χ4v) is 4.35. The number of esters is 1. The molecule has 2 aromatic rings. The van der Waals surface area contributed by atoms with E-state index in [0.29, 0.717) is 38.2 Å². The van der Waals surface area contributed by atoms with Gasteiger partial charge in [-0.1, -0.05) is 30.3 Å². The molecule has 2 aliphatic rings. The van der Waals surface area contributed by atoms with E-state index in [1.54, 1.807) is 30.0 Å². The molecule has 1 fully saturated rings. The molecule has 0 spiro atoms. The van der Waals surface area contributed by atoms with Gasteiger partial charge in [0.1, 0.15) is 5.69 Å². The summed E-state index contributed by atoms with van der Waals surface area (Å²) in [6.45, 7) is 3.25. The van der Waals surface area contributed by atoms with Crippen LogP contribution in [0, 0.1) is 16.0 Å². The topological polar surface area (TPSA) is 93.0 Å². The minimum Gasteiger partial charge on any atom is -0.452 e. The molecule has 162 valence electrons. The Morgan fingerprint density at radius 2 is 1.68 bits per heavy atom. The maximum Gasteiger partial charge on any atom is 0.309 e. The third kappa shape index (κ3) is 4.23. The van der Waals surface area contributed by atoms with Crippen LogP contribution < -0.4 is 9.80 Å². The highest BCUT2D eigenvalue weighted by molar-refractivity contribution is 5.99. The smallest absolute Gasteiger partial charge is 0.309 e. The van der Waals surface area contributed by atoms with Gasteiger partial charge in [-0.2, -0.15) is 0 Å². The second-order valence-electron chi connectivity index (χ2n) is 7.95. The third-order valence-corrected chi connectivity index (χ3v) is 6.04. The van der Waals surface area contributed by atoms with Crippen molar-refractivity contribution in [1.29, 1.82) is 0 Å². The molecule has 0 unspecified atom stereocenters. The van der Waals surface area contributed by atoms with Gasteiger partial charge in [0.05, 0.1) is 10.8 Å². The molecule has 2 heterocycles. The molecule has 2 aromatic carbocycles. The van der Waals surface area contributed by atoms with E-state index in [9.17, 15) is 19.7 Å². The number of rotatable bonds is 5. The van der Waals surface area contributed by atoms with E-state index in [1.165, 1.54) is 6.07 Å². The van der Waals surface area contributed by atoms with Gasteiger partial charge in [0.15, 0.2) is 6.10 Å². The van der Waals surface area contributed by atoms with Crippen LogP contribution >= 0.6 is 0 Å². The Morgan fingerprint density at radius 1 is 1.03 bits per heavy atom. The first-order valence-corrected chi connectivity index (χ1v) is 10.5. The van der Waals surface area contributed by atoms with Crippen LogP contribution in [-0.2, 0) is 20.7 Å². The van der Waals surface area contributed by atoms with Crippen molar-refractivity contribution in [2.75, 3.05) is 29.4 Å². The first kappa shape index (κ1) is 20.8. The lowest BCUT2D eigenvalue weighted by molar-refractivity contribution is -0.384. The molecule has 1 atom stereocenters. The summed E-state index contributed by atoms with van der Waals surface area (Å²) in [5, 5.41) is 11.3. The first-order valence-electron chi connectivity index (χ1n) is 10.5. The molecule has 4 rings (SSSR count). The quantitative estimate of drug-likeness (QED) is 0.416. The summed E-state index contributed by atoms with van der Waals surface area (Å²) in [6, 6.07) is 14.4. The molecule has 1 saturated heterocycles. The van der Waals surface area contributed by atoms with Crippen molar-refractivity contribution in [2.24, 2.45) is 5.92 Å². The summed E-state index contributed by atoms with van der Waals surface area (Å²) in [4.78, 5) is 40.0. The molecule has 8 nitrogen and oxygen atoms in total. The Morgan fingerprint density at radius 3 is 2.39 bits per heavy atom. The van der Waals surface area contributed by atoms with Crippen molar-refractivity contribution in [1.82, 2.24) is 0 Å². The minimum atomic E-state index is -0.855. The molecule has 0 saturated carbocycles. The van der Waals surface area contributed by atoms with E-state index in [1.807, 2.05) is 29.2 Å². The van der Waals surface area contributed by atoms with E-state index in [4.69, 9.17) is 4.74 Å². The lowest BCUT2D eigenvalue weighted by Gasteiger charge is -2.32. The maximum absolute atomic E-state index is 12.8. The molecule has 8 heteroatoms. The van der Waals surface area contributed by atoms with Gasteiger partial charge in [0.2, 0.25) is 0 Å². The minimum absolute atomic E-state index is 0.0636. The highest BCUT2D eigenvalue weighted by atomic mass is 16.6. The van der Waals surface area contributed by atoms with Crippen LogP contribution in [0.15, 0.2) is 48.5 Å². The van der Waals surface area contributed by atoms with Crippen LogP contribution in [0.25, 0.3) is 0 Å². The van der Waals surface area contributed by atoms with Crippen LogP contribution in [0.5, 0.6) is 0 Å². The van der Waals surface area contributed by atoms with Crippen molar-refractivity contribution >= 4 is 28.9 Å². The van der Waals surface area contributed by atoms with Crippen molar-refractivity contribution in [3.63, 3.8) is 0 Å². The monoisotopic (exact) mass is 423 g/mol. The van der Waals surface area contributed by atoms with Crippen LogP contribution in [0.1, 0.15) is 25.3 Å². The summed E-state index contributed by atoms with van der Waals surface area (Å²) >= 11 is 0. The van der Waals surface area contributed by atoms with Crippen molar-refractivity contribution in [3.05, 3.63) is 64.2 Å². The molecule has 0 aliphatic carbocycles. The Labute approximate surface area is 180 Å². The van der Waals surface area contributed by atoms with E-state index < -0.39 is 6.10 Å². The van der Waals surface area contributed by atoms with Crippen LogP contribution in [0.4, 0.5) is 17.1 Å². The molecule has 0 aromatic heterocycles.